The second-order valence-electron chi connectivity index (χ2n) is 7.87. The average molecular weight is 412 g/mol. The van der Waals surface area contributed by atoms with Crippen molar-refractivity contribution in [3.63, 3.8) is 0 Å². The summed E-state index contributed by atoms with van der Waals surface area (Å²) in [4.78, 5) is 22.7. The number of amides is 1. The molecule has 0 unspecified atom stereocenters. The van der Waals surface area contributed by atoms with Gasteiger partial charge in [0.1, 0.15) is 12.4 Å². The predicted molar refractivity (Wildman–Crippen MR) is 121 cm³/mol. The number of carbonyl (C=O) groups is 1. The molecule has 0 saturated carbocycles. The molecule has 1 atom stereocenters. The number of nitrogen functional groups attached to an aromatic ring is 1. The van der Waals surface area contributed by atoms with Crippen LogP contribution in [0.4, 0.5) is 10.5 Å². The minimum atomic E-state index is -0.299. The molecule has 3 N–H and O–H groups in total. The van der Waals surface area contributed by atoms with Crippen molar-refractivity contribution < 1.29 is 9.53 Å². The van der Waals surface area contributed by atoms with Gasteiger partial charge in [0, 0.05) is 12.2 Å². The monoisotopic (exact) mass is 412 g/mol. The van der Waals surface area contributed by atoms with E-state index in [4.69, 9.17) is 15.5 Å². The average Bonchev–Trinajstić information content (AvgIpc) is 3.44. The number of benzene rings is 3. The number of likely N-dealkylation sites (tertiary alicyclic amines) is 1. The molecular formula is C25H24N4O2. The number of aromatic amines is 1. The Morgan fingerprint density at radius 3 is 2.74 bits per heavy atom. The number of anilines is 1. The molecule has 1 amide bonds. The molecule has 1 aliphatic rings. The molecule has 1 aromatic heterocycles. The van der Waals surface area contributed by atoms with Crippen molar-refractivity contribution in [2.24, 2.45) is 0 Å². The van der Waals surface area contributed by atoms with Gasteiger partial charge in [-0.1, -0.05) is 48.5 Å². The van der Waals surface area contributed by atoms with E-state index < -0.39 is 0 Å². The Morgan fingerprint density at radius 2 is 1.90 bits per heavy atom. The molecule has 0 aliphatic carbocycles. The maximum Gasteiger partial charge on any atom is 0.410 e. The number of hydrogen-bond acceptors (Lipinski definition) is 4. The number of rotatable bonds is 4. The van der Waals surface area contributed by atoms with Gasteiger partial charge in [-0.2, -0.15) is 0 Å². The van der Waals surface area contributed by atoms with Crippen molar-refractivity contribution in [1.29, 1.82) is 0 Å². The Balaban J connectivity index is 1.36. The Bertz CT molecular complexity index is 1220. The first-order chi connectivity index (χ1) is 15.2. The predicted octanol–water partition coefficient (Wildman–Crippen LogP) is 5.29. The zero-order valence-corrected chi connectivity index (χ0v) is 17.1. The van der Waals surface area contributed by atoms with Crippen LogP contribution in [-0.2, 0) is 11.3 Å². The molecule has 3 aromatic carbocycles. The molecule has 5 rings (SSSR count). The Morgan fingerprint density at radius 1 is 1.06 bits per heavy atom. The van der Waals surface area contributed by atoms with Crippen molar-refractivity contribution in [1.82, 2.24) is 14.9 Å². The largest absolute Gasteiger partial charge is 0.445 e. The van der Waals surface area contributed by atoms with Gasteiger partial charge in [0.25, 0.3) is 0 Å². The lowest BCUT2D eigenvalue weighted by Gasteiger charge is -2.22. The second-order valence-corrected chi connectivity index (χ2v) is 7.87. The van der Waals surface area contributed by atoms with E-state index in [1.54, 1.807) is 4.90 Å². The number of fused-ring (bicyclic) bond motifs is 1. The van der Waals surface area contributed by atoms with E-state index in [9.17, 15) is 4.79 Å². The number of nitrogens with two attached hydrogens (primary N) is 1. The van der Waals surface area contributed by atoms with E-state index in [-0.39, 0.29) is 18.7 Å². The van der Waals surface area contributed by atoms with Crippen LogP contribution in [0.5, 0.6) is 0 Å². The topological polar surface area (TPSA) is 84.2 Å². The molecule has 156 valence electrons. The Labute approximate surface area is 180 Å². The van der Waals surface area contributed by atoms with E-state index >= 15 is 0 Å². The number of nitrogens with one attached hydrogen (secondary N) is 1. The first kappa shape index (κ1) is 19.2. The number of H-pyrrole nitrogens is 1. The van der Waals surface area contributed by atoms with Crippen LogP contribution in [0, 0.1) is 0 Å². The first-order valence-corrected chi connectivity index (χ1v) is 10.5. The normalized spacial score (nSPS) is 16.0. The second kappa shape index (κ2) is 8.14. The Kier molecular flexibility index (Phi) is 5.04. The van der Waals surface area contributed by atoms with E-state index in [1.807, 2.05) is 66.7 Å². The highest BCUT2D eigenvalue weighted by molar-refractivity contribution is 5.82. The summed E-state index contributed by atoms with van der Waals surface area (Å²) in [6, 6.07) is 23.6. The summed E-state index contributed by atoms with van der Waals surface area (Å²) >= 11 is 0. The molecule has 1 aliphatic heterocycles. The summed E-state index contributed by atoms with van der Waals surface area (Å²) in [5.74, 6) is 0.800. The molecule has 4 aromatic rings. The lowest BCUT2D eigenvalue weighted by molar-refractivity contribution is 0.0910. The van der Waals surface area contributed by atoms with Gasteiger partial charge in [-0.3, -0.25) is 4.90 Å². The number of nitrogens with zero attached hydrogens (tertiary/aromatic N) is 2. The maximum absolute atomic E-state index is 12.7. The smallest absolute Gasteiger partial charge is 0.410 e. The number of imidazole rings is 1. The molecule has 0 radical (unpaired) electrons. The number of aromatic nitrogens is 2. The standard InChI is InChI=1S/C25H24N4O2/c26-20-9-4-8-18(14-20)19-11-12-21-22(15-19)28-24(27-21)23-10-5-13-29(23)25(30)31-16-17-6-2-1-3-7-17/h1-4,6-9,11-12,14-15,23H,5,10,13,16,26H2,(H,27,28)/t23-/m0/s1. The van der Waals surface area contributed by atoms with Crippen molar-refractivity contribution >= 4 is 22.8 Å². The molecule has 6 heteroatoms. The number of ether oxygens (including phenoxy) is 1. The third-order valence-corrected chi connectivity index (χ3v) is 5.73. The van der Waals surface area contributed by atoms with Crippen LogP contribution in [-0.4, -0.2) is 27.5 Å². The van der Waals surface area contributed by atoms with Gasteiger partial charge in [0.2, 0.25) is 0 Å². The zero-order chi connectivity index (χ0) is 21.2. The highest BCUT2D eigenvalue weighted by atomic mass is 16.6. The van der Waals surface area contributed by atoms with Gasteiger partial charge in [0.15, 0.2) is 0 Å². The van der Waals surface area contributed by atoms with Crippen LogP contribution >= 0.6 is 0 Å². The molecule has 0 bridgehead atoms. The van der Waals surface area contributed by atoms with Crippen molar-refractivity contribution in [3.8, 4) is 11.1 Å². The summed E-state index contributed by atoms with van der Waals surface area (Å²) in [5.41, 5.74) is 11.6. The summed E-state index contributed by atoms with van der Waals surface area (Å²) in [6.07, 6.45) is 1.49. The molecule has 1 fully saturated rings. The van der Waals surface area contributed by atoms with Gasteiger partial charge in [-0.25, -0.2) is 9.78 Å². The fourth-order valence-electron chi connectivity index (χ4n) is 4.16. The molecule has 6 nitrogen and oxygen atoms in total. The summed E-state index contributed by atoms with van der Waals surface area (Å²) in [7, 11) is 0. The minimum absolute atomic E-state index is 0.105. The van der Waals surface area contributed by atoms with E-state index in [0.29, 0.717) is 6.54 Å². The van der Waals surface area contributed by atoms with Crippen LogP contribution < -0.4 is 5.73 Å². The SMILES string of the molecule is Nc1cccc(-c2ccc3nc([C@@H]4CCCN4C(=O)OCc4ccccc4)[nH]c3c2)c1. The van der Waals surface area contributed by atoms with Crippen LogP contribution in [0.3, 0.4) is 0 Å². The fourth-order valence-corrected chi connectivity index (χ4v) is 4.16. The van der Waals surface area contributed by atoms with Crippen molar-refractivity contribution in [2.45, 2.75) is 25.5 Å². The molecule has 2 heterocycles. The lowest BCUT2D eigenvalue weighted by atomic mass is 10.0. The van der Waals surface area contributed by atoms with Crippen LogP contribution in [0.25, 0.3) is 22.2 Å². The summed E-state index contributed by atoms with van der Waals surface area (Å²) < 4.78 is 5.56. The first-order valence-electron chi connectivity index (χ1n) is 10.5. The van der Waals surface area contributed by atoms with Crippen molar-refractivity contribution in [2.75, 3.05) is 12.3 Å². The lowest BCUT2D eigenvalue weighted by Crippen LogP contribution is -2.31. The van der Waals surface area contributed by atoms with Crippen molar-refractivity contribution in [3.05, 3.63) is 84.2 Å². The van der Waals surface area contributed by atoms with Crippen LogP contribution in [0.1, 0.15) is 30.3 Å². The third-order valence-electron chi connectivity index (χ3n) is 5.73. The van der Waals surface area contributed by atoms with E-state index in [2.05, 4.69) is 11.1 Å². The third kappa shape index (κ3) is 3.97. The number of hydrogen-bond donors (Lipinski definition) is 2. The van der Waals surface area contributed by atoms with Gasteiger partial charge in [-0.15, -0.1) is 0 Å². The zero-order valence-electron chi connectivity index (χ0n) is 17.1. The Hall–Kier alpha value is -3.80. The molecule has 31 heavy (non-hydrogen) atoms. The van der Waals surface area contributed by atoms with E-state index in [1.165, 1.54) is 0 Å². The highest BCUT2D eigenvalue weighted by Crippen LogP contribution is 2.33. The minimum Gasteiger partial charge on any atom is -0.445 e. The van der Waals surface area contributed by atoms with Gasteiger partial charge >= 0.3 is 6.09 Å². The molecular weight excluding hydrogens is 388 g/mol. The maximum atomic E-state index is 12.7. The summed E-state index contributed by atoms with van der Waals surface area (Å²) in [6.45, 7) is 0.941. The number of carbonyl (C=O) groups excluding carboxylic acids is 1. The van der Waals surface area contributed by atoms with Crippen LogP contribution in [0.15, 0.2) is 72.8 Å². The molecule has 0 spiro atoms. The van der Waals surface area contributed by atoms with Gasteiger partial charge in [0.05, 0.1) is 17.1 Å². The fraction of sp³-hybridized carbons (Fsp3) is 0.200. The van der Waals surface area contributed by atoms with Gasteiger partial charge < -0.3 is 15.5 Å². The van der Waals surface area contributed by atoms with E-state index in [0.717, 1.165) is 52.1 Å². The van der Waals surface area contributed by atoms with Gasteiger partial charge in [-0.05, 0) is 53.8 Å². The highest BCUT2D eigenvalue weighted by Gasteiger charge is 2.33. The summed E-state index contributed by atoms with van der Waals surface area (Å²) in [5, 5.41) is 0. The molecule has 1 saturated heterocycles. The van der Waals surface area contributed by atoms with Crippen LogP contribution in [0.2, 0.25) is 0 Å². The quantitative estimate of drug-likeness (QED) is 0.446.